The molecule has 0 spiro atoms. The van der Waals surface area contributed by atoms with Crippen LogP contribution < -0.4 is 5.32 Å². The van der Waals surface area contributed by atoms with Crippen molar-refractivity contribution < 1.29 is 4.79 Å². The highest BCUT2D eigenvalue weighted by Gasteiger charge is 2.12. The van der Waals surface area contributed by atoms with Crippen molar-refractivity contribution in [2.45, 2.75) is 26.3 Å². The summed E-state index contributed by atoms with van der Waals surface area (Å²) < 4.78 is 0. The fourth-order valence-electron chi connectivity index (χ4n) is 2.40. The lowest BCUT2D eigenvalue weighted by atomic mass is 9.97. The first kappa shape index (κ1) is 14.5. The Morgan fingerprint density at radius 1 is 1.10 bits per heavy atom. The molecule has 2 aromatic rings. The molecule has 0 heterocycles. The maximum Gasteiger partial charge on any atom is 0.147 e. The Kier molecular flexibility index (Phi) is 4.70. The molecule has 2 nitrogen and oxygen atoms in total. The summed E-state index contributed by atoms with van der Waals surface area (Å²) >= 11 is 0. The number of nitrogens with one attached hydrogen (secondary N) is 1. The normalized spacial score (nSPS) is 12.2. The largest absolute Gasteiger partial charge is 0.310 e. The summed E-state index contributed by atoms with van der Waals surface area (Å²) in [6.45, 7) is 3.75. The summed E-state index contributed by atoms with van der Waals surface area (Å²) in [6, 6.07) is 16.7. The number of Topliss-reactive ketones (excluding diaryl/α,β-unsaturated/α-hetero) is 1. The molecule has 0 aromatic heterocycles. The minimum absolute atomic E-state index is 0.0979. The minimum atomic E-state index is -0.0979. The molecule has 0 saturated carbocycles. The lowest BCUT2D eigenvalue weighted by Crippen LogP contribution is -2.34. The van der Waals surface area contributed by atoms with Gasteiger partial charge in [-0.1, -0.05) is 48.5 Å². The quantitative estimate of drug-likeness (QED) is 0.899. The van der Waals surface area contributed by atoms with Gasteiger partial charge in [0.1, 0.15) is 5.78 Å². The molecule has 20 heavy (non-hydrogen) atoms. The van der Waals surface area contributed by atoms with Crippen LogP contribution in [0, 0.1) is 6.92 Å². The predicted octanol–water partition coefficient (Wildman–Crippen LogP) is 3.38. The van der Waals surface area contributed by atoms with E-state index >= 15 is 0 Å². The Labute approximate surface area is 120 Å². The Balaban J connectivity index is 2.18. The van der Waals surface area contributed by atoms with Gasteiger partial charge in [0.05, 0.1) is 6.04 Å². The van der Waals surface area contributed by atoms with Crippen LogP contribution in [0.15, 0.2) is 48.5 Å². The van der Waals surface area contributed by atoms with Crippen LogP contribution in [0.25, 0.3) is 11.1 Å². The number of hydrogen-bond donors (Lipinski definition) is 1. The average molecular weight is 267 g/mol. The van der Waals surface area contributed by atoms with E-state index in [0.717, 1.165) is 6.42 Å². The molecule has 2 aromatic carbocycles. The SMILES string of the molecule is CN[C@@H](Cc1ccc(-c2ccccc2C)cc1)C(C)=O. The Morgan fingerprint density at radius 3 is 2.30 bits per heavy atom. The van der Waals surface area contributed by atoms with E-state index in [1.54, 1.807) is 6.92 Å². The van der Waals surface area contributed by atoms with Gasteiger partial charge in [-0.3, -0.25) is 4.79 Å². The van der Waals surface area contributed by atoms with E-state index in [1.165, 1.54) is 22.3 Å². The van der Waals surface area contributed by atoms with Gasteiger partial charge >= 0.3 is 0 Å². The average Bonchev–Trinajstić information content (AvgIpc) is 2.46. The molecule has 2 rings (SSSR count). The van der Waals surface area contributed by atoms with Crippen LogP contribution in [0.3, 0.4) is 0 Å². The molecule has 0 unspecified atom stereocenters. The van der Waals surface area contributed by atoms with E-state index in [2.05, 4.69) is 60.8 Å². The third-order valence-corrected chi connectivity index (χ3v) is 3.69. The van der Waals surface area contributed by atoms with Crippen LogP contribution in [-0.2, 0) is 11.2 Å². The van der Waals surface area contributed by atoms with Crippen molar-refractivity contribution in [3.05, 3.63) is 59.7 Å². The van der Waals surface area contributed by atoms with Crippen molar-refractivity contribution in [3.8, 4) is 11.1 Å². The smallest absolute Gasteiger partial charge is 0.147 e. The molecule has 0 aliphatic carbocycles. The number of hydrogen-bond acceptors (Lipinski definition) is 2. The molecular formula is C18H21NO. The molecule has 0 saturated heterocycles. The lowest BCUT2D eigenvalue weighted by Gasteiger charge is -2.13. The van der Waals surface area contributed by atoms with Gasteiger partial charge in [0, 0.05) is 0 Å². The van der Waals surface area contributed by atoms with Gasteiger partial charge in [-0.25, -0.2) is 0 Å². The van der Waals surface area contributed by atoms with Crippen LogP contribution in [-0.4, -0.2) is 18.9 Å². The molecule has 0 bridgehead atoms. The number of carbonyl (C=O) groups is 1. The van der Waals surface area contributed by atoms with E-state index in [4.69, 9.17) is 0 Å². The molecule has 1 N–H and O–H groups in total. The number of ketones is 1. The maximum atomic E-state index is 11.4. The van der Waals surface area contributed by atoms with Gasteiger partial charge in [0.15, 0.2) is 0 Å². The zero-order valence-electron chi connectivity index (χ0n) is 12.3. The minimum Gasteiger partial charge on any atom is -0.310 e. The third-order valence-electron chi connectivity index (χ3n) is 3.69. The Hall–Kier alpha value is -1.93. The monoisotopic (exact) mass is 267 g/mol. The van der Waals surface area contributed by atoms with Crippen LogP contribution in [0.2, 0.25) is 0 Å². The molecule has 2 heteroatoms. The van der Waals surface area contributed by atoms with Crippen molar-refractivity contribution in [1.82, 2.24) is 5.32 Å². The Morgan fingerprint density at radius 2 is 1.75 bits per heavy atom. The highest BCUT2D eigenvalue weighted by Crippen LogP contribution is 2.23. The maximum absolute atomic E-state index is 11.4. The van der Waals surface area contributed by atoms with Crippen molar-refractivity contribution in [2.75, 3.05) is 7.05 Å². The second-order valence-electron chi connectivity index (χ2n) is 5.17. The first-order valence-corrected chi connectivity index (χ1v) is 6.94. The summed E-state index contributed by atoms with van der Waals surface area (Å²) in [7, 11) is 1.83. The molecule has 0 radical (unpaired) electrons. The number of carbonyl (C=O) groups excluding carboxylic acids is 1. The van der Waals surface area contributed by atoms with Gasteiger partial charge < -0.3 is 5.32 Å². The van der Waals surface area contributed by atoms with Gasteiger partial charge in [-0.05, 0) is 49.6 Å². The number of benzene rings is 2. The van der Waals surface area contributed by atoms with Crippen molar-refractivity contribution in [1.29, 1.82) is 0 Å². The number of aryl methyl sites for hydroxylation is 1. The standard InChI is InChI=1S/C18H21NO/c1-13-6-4-5-7-17(13)16-10-8-15(9-11-16)12-18(19-3)14(2)20/h4-11,18-19H,12H2,1-3H3/t18-/m0/s1. The molecule has 1 atom stereocenters. The predicted molar refractivity (Wildman–Crippen MR) is 83.8 cm³/mol. The number of likely N-dealkylation sites (N-methyl/N-ethyl adjacent to an activating group) is 1. The van der Waals surface area contributed by atoms with E-state index < -0.39 is 0 Å². The van der Waals surface area contributed by atoms with Gasteiger partial charge in [0.2, 0.25) is 0 Å². The van der Waals surface area contributed by atoms with Gasteiger partial charge in [-0.15, -0.1) is 0 Å². The van der Waals surface area contributed by atoms with Crippen molar-refractivity contribution in [2.24, 2.45) is 0 Å². The highest BCUT2D eigenvalue weighted by molar-refractivity contribution is 5.81. The number of rotatable bonds is 5. The fraction of sp³-hybridized carbons (Fsp3) is 0.278. The molecule has 0 aliphatic heterocycles. The second-order valence-corrected chi connectivity index (χ2v) is 5.17. The lowest BCUT2D eigenvalue weighted by molar-refractivity contribution is -0.118. The Bertz CT molecular complexity index is 587. The zero-order valence-corrected chi connectivity index (χ0v) is 12.3. The van der Waals surface area contributed by atoms with Gasteiger partial charge in [-0.2, -0.15) is 0 Å². The zero-order chi connectivity index (χ0) is 14.5. The van der Waals surface area contributed by atoms with Crippen LogP contribution in [0.1, 0.15) is 18.1 Å². The summed E-state index contributed by atoms with van der Waals surface area (Å²) in [5.41, 5.74) is 4.93. The molecular weight excluding hydrogens is 246 g/mol. The summed E-state index contributed by atoms with van der Waals surface area (Å²) in [4.78, 5) is 11.4. The highest BCUT2D eigenvalue weighted by atomic mass is 16.1. The second kappa shape index (κ2) is 6.49. The summed E-state index contributed by atoms with van der Waals surface area (Å²) in [5.74, 6) is 0.176. The van der Waals surface area contributed by atoms with E-state index in [9.17, 15) is 4.79 Å². The summed E-state index contributed by atoms with van der Waals surface area (Å²) in [6.07, 6.45) is 0.736. The van der Waals surface area contributed by atoms with Crippen molar-refractivity contribution in [3.63, 3.8) is 0 Å². The fourth-order valence-corrected chi connectivity index (χ4v) is 2.40. The first-order valence-electron chi connectivity index (χ1n) is 6.94. The van der Waals surface area contributed by atoms with Gasteiger partial charge in [0.25, 0.3) is 0 Å². The first-order chi connectivity index (χ1) is 9.61. The summed E-state index contributed by atoms with van der Waals surface area (Å²) in [5, 5.41) is 3.06. The topological polar surface area (TPSA) is 29.1 Å². The third kappa shape index (κ3) is 3.34. The molecule has 104 valence electrons. The molecule has 0 aliphatic rings. The van der Waals surface area contributed by atoms with Crippen LogP contribution >= 0.6 is 0 Å². The van der Waals surface area contributed by atoms with Crippen LogP contribution in [0.5, 0.6) is 0 Å². The molecule has 0 fully saturated rings. The van der Waals surface area contributed by atoms with E-state index in [0.29, 0.717) is 0 Å². The van der Waals surface area contributed by atoms with E-state index in [-0.39, 0.29) is 11.8 Å². The molecule has 0 amide bonds. The van der Waals surface area contributed by atoms with Crippen molar-refractivity contribution >= 4 is 5.78 Å². The van der Waals surface area contributed by atoms with E-state index in [1.807, 2.05) is 7.05 Å². The van der Waals surface area contributed by atoms with Crippen LogP contribution in [0.4, 0.5) is 0 Å².